The summed E-state index contributed by atoms with van der Waals surface area (Å²) in [4.78, 5) is 55.6. The fourth-order valence-corrected chi connectivity index (χ4v) is 7.34. The zero-order chi connectivity index (χ0) is 37.6. The molecule has 3 saturated heterocycles. The molecular formula is C36H48ClN3O11. The summed E-state index contributed by atoms with van der Waals surface area (Å²) in [5.41, 5.74) is -3.20. The number of carbonyl (C=O) groups is 4. The van der Waals surface area contributed by atoms with Crippen LogP contribution in [0.15, 0.2) is 35.9 Å². The number of fused-ring (bicyclic) bond motifs is 10. The molecule has 4 heterocycles. The van der Waals surface area contributed by atoms with Gasteiger partial charge in [0.25, 0.3) is 5.91 Å². The Bertz CT molecular complexity index is 1630. The summed E-state index contributed by atoms with van der Waals surface area (Å²) < 4.78 is 29.0. The van der Waals surface area contributed by atoms with Crippen LogP contribution >= 0.6 is 11.6 Å². The lowest BCUT2D eigenvalue weighted by molar-refractivity contribution is -0.160. The molecule has 3 unspecified atom stereocenters. The van der Waals surface area contributed by atoms with E-state index >= 15 is 0 Å². The molecule has 10 atom stereocenters. The minimum atomic E-state index is -2.00. The number of amides is 3. The van der Waals surface area contributed by atoms with Crippen LogP contribution in [0.3, 0.4) is 0 Å². The number of epoxide rings is 1. The number of methoxy groups -OCH3 is 2. The third kappa shape index (κ3) is 7.61. The zero-order valence-electron chi connectivity index (χ0n) is 30.2. The Morgan fingerprint density at radius 2 is 1.76 bits per heavy atom. The molecular weight excluding hydrogens is 686 g/mol. The van der Waals surface area contributed by atoms with Gasteiger partial charge >= 0.3 is 12.1 Å². The normalized spacial score (nSPS) is 39.5. The average Bonchev–Trinajstić information content (AvgIpc) is 3.76. The molecule has 0 aromatic heterocycles. The van der Waals surface area contributed by atoms with Crippen molar-refractivity contribution < 1.29 is 53.1 Å². The minimum absolute atomic E-state index is 0.0659. The second kappa shape index (κ2) is 14.4. The predicted molar refractivity (Wildman–Crippen MR) is 185 cm³/mol. The summed E-state index contributed by atoms with van der Waals surface area (Å²) in [6, 6.07) is 2.31. The number of hydrogen-bond donors (Lipinski definition) is 4. The van der Waals surface area contributed by atoms with Gasteiger partial charge in [-0.25, -0.2) is 9.59 Å². The number of halogens is 1. The molecule has 6 bridgehead atoms. The van der Waals surface area contributed by atoms with Gasteiger partial charge in [-0.05, 0) is 51.8 Å². The van der Waals surface area contributed by atoms with Gasteiger partial charge in [0.15, 0.2) is 5.72 Å². The van der Waals surface area contributed by atoms with Gasteiger partial charge in [0.1, 0.15) is 46.3 Å². The molecule has 1 aromatic rings. The number of nitrogens with one attached hydrogen (secondary N) is 2. The van der Waals surface area contributed by atoms with Crippen molar-refractivity contribution in [3.8, 4) is 5.75 Å². The lowest BCUT2D eigenvalue weighted by atomic mass is 9.83. The second-order valence-corrected chi connectivity index (χ2v) is 14.9. The Hall–Kier alpha value is -3.69. The molecule has 4 aliphatic rings. The molecule has 0 saturated carbocycles. The van der Waals surface area contributed by atoms with Crippen molar-refractivity contribution >= 4 is 41.2 Å². The zero-order valence-corrected chi connectivity index (χ0v) is 30.9. The van der Waals surface area contributed by atoms with Crippen molar-refractivity contribution in [1.29, 1.82) is 0 Å². The quantitative estimate of drug-likeness (QED) is 0.259. The largest absolute Gasteiger partial charge is 0.495 e. The van der Waals surface area contributed by atoms with E-state index in [1.807, 2.05) is 13.0 Å². The predicted octanol–water partition coefficient (Wildman–Crippen LogP) is 2.94. The van der Waals surface area contributed by atoms with Crippen LogP contribution in [0.2, 0.25) is 5.02 Å². The standard InChI is InChI=1S/C36H48ClN3O11/c1-18-10-9-11-26(48-8)36(46)16-25(49-33(44)39-36)20(3)30-35(6,51-30)27-15-28(41)40(23-13-22(12-18)14-24(47-7)29(23)37)17-19(2)34(5,45)32(43)38-21(4)31(42)50-27/h9-11,13-14,19-21,25-27,30,45-46H,12,15-17H2,1-8H3,(H,38,43)(H,39,44)/b11-9+,18-10+/t19?,20-,21+,25+,26-,27+,30?,34?,35+,36+/m1/s1. The van der Waals surface area contributed by atoms with Crippen molar-refractivity contribution in [3.63, 3.8) is 0 Å². The van der Waals surface area contributed by atoms with E-state index in [4.69, 9.17) is 35.3 Å². The fraction of sp³-hybridized carbons (Fsp3) is 0.611. The van der Waals surface area contributed by atoms with Crippen LogP contribution < -0.4 is 20.3 Å². The smallest absolute Gasteiger partial charge is 0.409 e. The van der Waals surface area contributed by atoms with E-state index in [1.54, 1.807) is 45.1 Å². The summed E-state index contributed by atoms with van der Waals surface area (Å²) in [6.45, 7) is 9.59. The minimum Gasteiger partial charge on any atom is -0.495 e. The Balaban J connectivity index is 1.68. The maximum Gasteiger partial charge on any atom is 0.409 e. The average molecular weight is 734 g/mol. The number of ether oxygens (including phenoxy) is 5. The summed E-state index contributed by atoms with van der Waals surface area (Å²) >= 11 is 6.89. The molecule has 1 aromatic carbocycles. The molecule has 0 aliphatic carbocycles. The van der Waals surface area contributed by atoms with Crippen molar-refractivity contribution in [1.82, 2.24) is 10.6 Å². The number of benzene rings is 1. The number of esters is 1. The highest BCUT2D eigenvalue weighted by atomic mass is 35.5. The van der Waals surface area contributed by atoms with Crippen LogP contribution in [0, 0.1) is 11.8 Å². The van der Waals surface area contributed by atoms with Gasteiger partial charge in [-0.1, -0.05) is 49.2 Å². The summed E-state index contributed by atoms with van der Waals surface area (Å²) in [5.74, 6) is -3.29. The molecule has 5 rings (SSSR count). The Morgan fingerprint density at radius 1 is 1.06 bits per heavy atom. The highest BCUT2D eigenvalue weighted by Crippen LogP contribution is 2.49. The van der Waals surface area contributed by atoms with E-state index in [0.717, 1.165) is 11.1 Å². The van der Waals surface area contributed by atoms with Crippen LogP contribution in [0.1, 0.15) is 59.9 Å². The number of allylic oxidation sites excluding steroid dienone is 3. The number of alkyl carbamates (subject to hydrolysis) is 1. The Morgan fingerprint density at radius 3 is 2.43 bits per heavy atom. The van der Waals surface area contributed by atoms with Crippen molar-refractivity contribution in [2.45, 2.75) is 108 Å². The molecule has 0 spiro atoms. The van der Waals surface area contributed by atoms with Crippen LogP contribution in [0.25, 0.3) is 0 Å². The topological polar surface area (TPSA) is 185 Å². The molecule has 3 amide bonds. The number of aliphatic hydroxyl groups is 2. The van der Waals surface area contributed by atoms with Crippen molar-refractivity contribution in [3.05, 3.63) is 46.5 Å². The number of hydrogen-bond acceptors (Lipinski definition) is 11. The van der Waals surface area contributed by atoms with Crippen molar-refractivity contribution in [2.24, 2.45) is 11.8 Å². The van der Waals surface area contributed by atoms with Crippen LogP contribution in [0.4, 0.5) is 10.5 Å². The number of anilines is 1. The fourth-order valence-electron chi connectivity index (χ4n) is 7.05. The number of rotatable bonds is 2. The van der Waals surface area contributed by atoms with Crippen LogP contribution in [-0.4, -0.2) is 102 Å². The lowest BCUT2D eigenvalue weighted by Gasteiger charge is -2.42. The van der Waals surface area contributed by atoms with Gasteiger partial charge in [-0.15, -0.1) is 0 Å². The van der Waals surface area contributed by atoms with E-state index in [1.165, 1.54) is 33.0 Å². The molecule has 0 radical (unpaired) electrons. The van der Waals surface area contributed by atoms with Gasteiger partial charge in [-0.3, -0.25) is 14.9 Å². The third-order valence-corrected chi connectivity index (χ3v) is 11.0. The van der Waals surface area contributed by atoms with Gasteiger partial charge in [-0.2, -0.15) is 0 Å². The summed E-state index contributed by atoms with van der Waals surface area (Å²) in [5, 5.41) is 28.3. The number of nitrogens with zero attached hydrogens (tertiary/aromatic N) is 1. The summed E-state index contributed by atoms with van der Waals surface area (Å²) in [6.07, 6.45) is 0.615. The van der Waals surface area contributed by atoms with E-state index in [-0.39, 0.29) is 30.1 Å². The maximum atomic E-state index is 14.6. The van der Waals surface area contributed by atoms with Gasteiger partial charge in [0, 0.05) is 31.9 Å². The van der Waals surface area contributed by atoms with Crippen LogP contribution in [-0.2, 0) is 39.8 Å². The van der Waals surface area contributed by atoms with E-state index in [0.29, 0.717) is 12.2 Å². The molecule has 280 valence electrons. The van der Waals surface area contributed by atoms with E-state index in [9.17, 15) is 29.4 Å². The summed E-state index contributed by atoms with van der Waals surface area (Å²) in [7, 11) is 2.87. The monoisotopic (exact) mass is 733 g/mol. The van der Waals surface area contributed by atoms with Gasteiger partial charge in [0.2, 0.25) is 5.91 Å². The Labute approximate surface area is 302 Å². The molecule has 51 heavy (non-hydrogen) atoms. The first kappa shape index (κ1) is 38.5. The third-order valence-electron chi connectivity index (χ3n) is 10.6. The Kier molecular flexibility index (Phi) is 10.9. The number of carbonyl (C=O) groups excluding carboxylic acids is 4. The second-order valence-electron chi connectivity index (χ2n) is 14.5. The first-order valence-electron chi connectivity index (χ1n) is 17.0. The SMILES string of the molecule is COc1cc2cc(c1Cl)N1CC(C)C(C)(O)C(=O)N[C@@H](C)C(=O)O[C@@H](CC1=O)[C@]1(C)OC1[C@H](C)[C@@H]1C[C@@](O)(NC(=O)O1)[C@H](OC)/C=C/C=C(\C)C2. The first-order valence-corrected chi connectivity index (χ1v) is 17.4. The molecule has 15 heteroatoms. The lowest BCUT2D eigenvalue weighted by Crippen LogP contribution is -2.63. The van der Waals surface area contributed by atoms with Gasteiger partial charge in [0.05, 0.1) is 25.3 Å². The van der Waals surface area contributed by atoms with Gasteiger partial charge < -0.3 is 44.1 Å². The highest BCUT2D eigenvalue weighted by molar-refractivity contribution is 6.35. The van der Waals surface area contributed by atoms with Crippen LogP contribution in [0.5, 0.6) is 5.75 Å². The highest BCUT2D eigenvalue weighted by Gasteiger charge is 2.64. The van der Waals surface area contributed by atoms with E-state index < -0.39 is 83.1 Å². The van der Waals surface area contributed by atoms with Crippen molar-refractivity contribution in [2.75, 3.05) is 25.7 Å². The molecule has 4 aliphatic heterocycles. The molecule has 4 N–H and O–H groups in total. The molecule has 14 nitrogen and oxygen atoms in total. The maximum absolute atomic E-state index is 14.6. The molecule has 3 fully saturated rings. The first-order chi connectivity index (χ1) is 23.8. The van der Waals surface area contributed by atoms with E-state index in [2.05, 4.69) is 10.6 Å².